The summed E-state index contributed by atoms with van der Waals surface area (Å²) < 4.78 is 22.4. The van der Waals surface area contributed by atoms with E-state index in [-0.39, 0.29) is 6.61 Å². The fourth-order valence-electron chi connectivity index (χ4n) is 3.35. The second-order valence-electron chi connectivity index (χ2n) is 6.77. The van der Waals surface area contributed by atoms with Crippen LogP contribution in [-0.2, 0) is 20.9 Å². The molecule has 2 heterocycles. The molecule has 9 nitrogen and oxygen atoms in total. The Hall–Kier alpha value is -2.17. The van der Waals surface area contributed by atoms with Crippen LogP contribution >= 0.6 is 0 Å². The highest BCUT2D eigenvalue weighted by Crippen LogP contribution is 2.32. The van der Waals surface area contributed by atoms with Crippen molar-refractivity contribution in [3.63, 3.8) is 0 Å². The molecule has 2 aromatic rings. The number of rotatable bonds is 6. The van der Waals surface area contributed by atoms with Crippen LogP contribution in [0.15, 0.2) is 22.6 Å². The van der Waals surface area contributed by atoms with Gasteiger partial charge in [-0.1, -0.05) is 6.07 Å². The first-order chi connectivity index (χ1) is 13.3. The average Bonchev–Trinajstić information content (AvgIpc) is 3.06. The average molecular weight is 395 g/mol. The van der Waals surface area contributed by atoms with E-state index in [9.17, 15) is 20.1 Å². The smallest absolute Gasteiger partial charge is 0.217 e. The molecule has 3 rings (SSSR count). The number of fused-ring (bicyclic) bond motifs is 1. The van der Waals surface area contributed by atoms with Gasteiger partial charge >= 0.3 is 0 Å². The van der Waals surface area contributed by atoms with Gasteiger partial charge in [0.1, 0.15) is 30.1 Å². The number of aliphatic hydroxyl groups excluding tert-OH is 3. The zero-order valence-corrected chi connectivity index (χ0v) is 15.9. The molecule has 154 valence electrons. The van der Waals surface area contributed by atoms with Crippen molar-refractivity contribution in [2.75, 3.05) is 13.7 Å². The predicted octanol–water partition coefficient (Wildman–Crippen LogP) is 0.210. The normalized spacial score (nSPS) is 27.7. The van der Waals surface area contributed by atoms with Gasteiger partial charge in [-0.15, -0.1) is 0 Å². The number of hydrogen-bond donors (Lipinski definition) is 4. The molecule has 9 heteroatoms. The van der Waals surface area contributed by atoms with Gasteiger partial charge in [-0.05, 0) is 24.6 Å². The molecule has 1 aromatic heterocycles. The first kappa shape index (κ1) is 20.6. The quantitative estimate of drug-likeness (QED) is 0.546. The number of nitrogens with one attached hydrogen (secondary N) is 1. The Morgan fingerprint density at radius 2 is 2.04 bits per heavy atom. The molecule has 28 heavy (non-hydrogen) atoms. The van der Waals surface area contributed by atoms with E-state index >= 15 is 0 Å². The Labute approximate surface area is 161 Å². The summed E-state index contributed by atoms with van der Waals surface area (Å²) in [5.74, 6) is 0.897. The van der Waals surface area contributed by atoms with Gasteiger partial charge in [0.05, 0.1) is 20.3 Å². The number of amides is 1. The number of benzene rings is 1. The van der Waals surface area contributed by atoms with Crippen LogP contribution < -0.4 is 10.1 Å². The summed E-state index contributed by atoms with van der Waals surface area (Å²) >= 11 is 0. The third kappa shape index (κ3) is 3.98. The molecule has 1 aliphatic heterocycles. The molecule has 0 radical (unpaired) electrons. The van der Waals surface area contributed by atoms with Crippen LogP contribution in [0, 0.1) is 6.92 Å². The Morgan fingerprint density at radius 3 is 2.68 bits per heavy atom. The number of carbonyl (C=O) groups is 1. The second-order valence-corrected chi connectivity index (χ2v) is 6.77. The minimum atomic E-state index is -1.36. The van der Waals surface area contributed by atoms with E-state index in [1.54, 1.807) is 13.2 Å². The number of carbonyl (C=O) groups excluding carboxylic acids is 1. The van der Waals surface area contributed by atoms with E-state index in [4.69, 9.17) is 18.6 Å². The third-order valence-corrected chi connectivity index (χ3v) is 4.73. The van der Waals surface area contributed by atoms with Crippen molar-refractivity contribution in [2.45, 2.75) is 51.1 Å². The van der Waals surface area contributed by atoms with Gasteiger partial charge in [0.15, 0.2) is 17.6 Å². The van der Waals surface area contributed by atoms with Crippen molar-refractivity contribution >= 4 is 16.9 Å². The second kappa shape index (κ2) is 8.46. The lowest BCUT2D eigenvalue weighted by molar-refractivity contribution is -0.273. The third-order valence-electron chi connectivity index (χ3n) is 4.73. The molecule has 4 N–H and O–H groups in total. The Morgan fingerprint density at radius 1 is 1.29 bits per heavy atom. The van der Waals surface area contributed by atoms with E-state index in [0.717, 1.165) is 10.9 Å². The maximum atomic E-state index is 11.5. The van der Waals surface area contributed by atoms with Gasteiger partial charge in [0.2, 0.25) is 5.91 Å². The summed E-state index contributed by atoms with van der Waals surface area (Å²) in [7, 11) is 1.55. The fourth-order valence-corrected chi connectivity index (χ4v) is 3.35. The molecule has 0 bridgehead atoms. The molecular weight excluding hydrogens is 370 g/mol. The molecule has 5 atom stereocenters. The Balaban J connectivity index is 1.83. The first-order valence-electron chi connectivity index (χ1n) is 8.92. The summed E-state index contributed by atoms with van der Waals surface area (Å²) in [5.41, 5.74) is 1.38. The summed E-state index contributed by atoms with van der Waals surface area (Å²) in [6.45, 7) is 2.69. The van der Waals surface area contributed by atoms with Gasteiger partial charge in [-0.3, -0.25) is 4.79 Å². The Kier molecular flexibility index (Phi) is 6.21. The van der Waals surface area contributed by atoms with Gasteiger partial charge < -0.3 is 39.3 Å². The molecule has 1 aromatic carbocycles. The summed E-state index contributed by atoms with van der Waals surface area (Å²) in [6.07, 6.45) is -4.81. The van der Waals surface area contributed by atoms with Crippen LogP contribution in [0.2, 0.25) is 0 Å². The monoisotopic (exact) mass is 395 g/mol. The van der Waals surface area contributed by atoms with E-state index in [2.05, 4.69) is 5.32 Å². The minimum Gasteiger partial charge on any atom is -0.493 e. The molecule has 0 unspecified atom stereocenters. The summed E-state index contributed by atoms with van der Waals surface area (Å²) in [6, 6.07) is 4.45. The lowest BCUT2D eigenvalue weighted by atomic mass is 9.97. The first-order valence-corrected chi connectivity index (χ1v) is 8.92. The highest BCUT2D eigenvalue weighted by atomic mass is 16.7. The maximum absolute atomic E-state index is 11.5. The molecule has 1 amide bonds. The zero-order valence-electron chi connectivity index (χ0n) is 15.9. The molecule has 0 spiro atoms. The molecule has 0 saturated carbocycles. The van der Waals surface area contributed by atoms with Crippen LogP contribution in [0.5, 0.6) is 5.75 Å². The number of ether oxygens (including phenoxy) is 3. The topological polar surface area (TPSA) is 131 Å². The van der Waals surface area contributed by atoms with Crippen LogP contribution in [0.4, 0.5) is 0 Å². The molecule has 1 aliphatic rings. The molecule has 0 aliphatic carbocycles. The van der Waals surface area contributed by atoms with E-state index < -0.39 is 43.2 Å². The number of hydrogen-bond acceptors (Lipinski definition) is 8. The number of methoxy groups -OCH3 is 1. The van der Waals surface area contributed by atoms with Crippen molar-refractivity contribution in [3.8, 4) is 5.75 Å². The van der Waals surface area contributed by atoms with Gasteiger partial charge in [0, 0.05) is 12.3 Å². The zero-order chi connectivity index (χ0) is 20.4. The van der Waals surface area contributed by atoms with Crippen molar-refractivity contribution < 1.29 is 38.7 Å². The fraction of sp³-hybridized carbons (Fsp3) is 0.526. The SMILES string of the molecule is COc1ccc(CO[C@H]2O[C@H](CO)[C@@H](O)[C@H](O)[C@H]2NC(C)=O)c2cc(C)oc12. The van der Waals surface area contributed by atoms with Crippen LogP contribution in [0.25, 0.3) is 11.0 Å². The lowest BCUT2D eigenvalue weighted by Crippen LogP contribution is -2.64. The van der Waals surface area contributed by atoms with E-state index in [0.29, 0.717) is 17.1 Å². The summed E-state index contributed by atoms with van der Waals surface area (Å²) in [4.78, 5) is 11.5. The molecule has 1 fully saturated rings. The number of furan rings is 1. The molecular formula is C19H25NO8. The van der Waals surface area contributed by atoms with Gasteiger partial charge in [-0.25, -0.2) is 0 Å². The largest absolute Gasteiger partial charge is 0.493 e. The highest BCUT2D eigenvalue weighted by Gasteiger charge is 2.45. The maximum Gasteiger partial charge on any atom is 0.217 e. The summed E-state index contributed by atoms with van der Waals surface area (Å²) in [5, 5.41) is 33.1. The van der Waals surface area contributed by atoms with E-state index in [1.165, 1.54) is 6.92 Å². The minimum absolute atomic E-state index is 0.0845. The van der Waals surface area contributed by atoms with Crippen molar-refractivity contribution in [1.29, 1.82) is 0 Å². The highest BCUT2D eigenvalue weighted by molar-refractivity contribution is 5.87. The van der Waals surface area contributed by atoms with Crippen molar-refractivity contribution in [1.82, 2.24) is 5.32 Å². The van der Waals surface area contributed by atoms with Gasteiger partial charge in [0.25, 0.3) is 0 Å². The standard InChI is InChI=1S/C19H25NO8/c1-9-6-12-11(4-5-13(25-3)18(12)27-9)8-26-19-15(20-10(2)22)17(24)16(23)14(7-21)28-19/h4-6,14-17,19,21,23-24H,7-8H2,1-3H3,(H,20,22)/t14-,15-,16-,17-,19+/m1/s1. The lowest BCUT2D eigenvalue weighted by Gasteiger charge is -2.42. The number of aryl methyl sites for hydroxylation is 1. The Bertz CT molecular complexity index is 835. The van der Waals surface area contributed by atoms with Gasteiger partial charge in [-0.2, -0.15) is 0 Å². The predicted molar refractivity (Wildman–Crippen MR) is 97.7 cm³/mol. The molecule has 1 saturated heterocycles. The van der Waals surface area contributed by atoms with Crippen molar-refractivity contribution in [2.24, 2.45) is 0 Å². The van der Waals surface area contributed by atoms with Crippen LogP contribution in [0.1, 0.15) is 18.2 Å². The van der Waals surface area contributed by atoms with Crippen LogP contribution in [-0.4, -0.2) is 65.6 Å². The van der Waals surface area contributed by atoms with Crippen molar-refractivity contribution in [3.05, 3.63) is 29.5 Å². The van der Waals surface area contributed by atoms with Crippen LogP contribution in [0.3, 0.4) is 0 Å². The van der Waals surface area contributed by atoms with E-state index in [1.807, 2.05) is 19.1 Å². The number of aliphatic hydroxyl groups is 3.